The number of hydrogen-bond donors (Lipinski definition) is 3. The molecule has 1 amide bonds. The van der Waals surface area contributed by atoms with Crippen molar-refractivity contribution in [3.8, 4) is 28.3 Å². The standard InChI is InChI=1S/C31H29Cl2N5O5/c1-38-30(40)22(14-15-35-38)28(39)36-25-11-4-7-19(27(25)33)18-6-3-8-20(26(18)32)24-13-12-17(29(37-24)43-2)16-34-23-10-5-9-21(23)31(41)42/h3-4,6-8,11-15,21,23,34H,5,9-10,16H2,1-2H3,(H,36,39)(H,41,42)/t21?,23-/m1/s1. The minimum atomic E-state index is -0.780. The molecular formula is C31H29Cl2N5O5. The van der Waals surface area contributed by atoms with E-state index >= 15 is 0 Å². The summed E-state index contributed by atoms with van der Waals surface area (Å²) in [7, 11) is 2.99. The maximum atomic E-state index is 12.9. The van der Waals surface area contributed by atoms with Gasteiger partial charge in [0.1, 0.15) is 5.56 Å². The van der Waals surface area contributed by atoms with Crippen molar-refractivity contribution in [1.82, 2.24) is 20.1 Å². The van der Waals surface area contributed by atoms with Gasteiger partial charge in [-0.05, 0) is 31.0 Å². The Labute approximate surface area is 257 Å². The number of methoxy groups -OCH3 is 1. The van der Waals surface area contributed by atoms with Crippen molar-refractivity contribution in [2.24, 2.45) is 13.0 Å². The molecule has 12 heteroatoms. The highest BCUT2D eigenvalue weighted by Crippen LogP contribution is 2.41. The Balaban J connectivity index is 1.41. The third-order valence-corrected chi connectivity index (χ3v) is 8.40. The summed E-state index contributed by atoms with van der Waals surface area (Å²) in [5.41, 5.74) is 2.92. The molecule has 43 heavy (non-hydrogen) atoms. The number of carboxylic acid groups (broad SMARTS) is 1. The highest BCUT2D eigenvalue weighted by atomic mass is 35.5. The van der Waals surface area contributed by atoms with Gasteiger partial charge in [-0.25, -0.2) is 9.67 Å². The van der Waals surface area contributed by atoms with Gasteiger partial charge in [-0.2, -0.15) is 5.10 Å². The number of hydrogen-bond acceptors (Lipinski definition) is 7. The molecule has 222 valence electrons. The number of benzene rings is 2. The van der Waals surface area contributed by atoms with Crippen LogP contribution in [0.4, 0.5) is 5.69 Å². The van der Waals surface area contributed by atoms with E-state index in [9.17, 15) is 19.5 Å². The van der Waals surface area contributed by atoms with Crippen LogP contribution in [0.15, 0.2) is 65.6 Å². The molecule has 1 aliphatic rings. The SMILES string of the molecule is COc1nc(-c2cccc(-c3cccc(NC(=O)c4ccnn(C)c4=O)c3Cl)c2Cl)ccc1CN[C@@H]1CCCC1C(=O)O. The first-order chi connectivity index (χ1) is 20.7. The molecule has 0 radical (unpaired) electrons. The summed E-state index contributed by atoms with van der Waals surface area (Å²) < 4.78 is 6.65. The molecule has 1 unspecified atom stereocenters. The van der Waals surface area contributed by atoms with Crippen molar-refractivity contribution in [2.75, 3.05) is 12.4 Å². The molecule has 3 N–H and O–H groups in total. The van der Waals surface area contributed by atoms with Crippen LogP contribution in [0.25, 0.3) is 22.4 Å². The third kappa shape index (κ3) is 6.27. The fraction of sp³-hybridized carbons (Fsp3) is 0.258. The fourth-order valence-electron chi connectivity index (χ4n) is 5.31. The Morgan fingerprint density at radius 3 is 2.49 bits per heavy atom. The lowest BCUT2D eigenvalue weighted by Gasteiger charge is -2.19. The summed E-state index contributed by atoms with van der Waals surface area (Å²) >= 11 is 13.7. The molecule has 0 saturated heterocycles. The molecule has 1 saturated carbocycles. The average Bonchev–Trinajstić information content (AvgIpc) is 3.48. The van der Waals surface area contributed by atoms with Crippen LogP contribution in [-0.2, 0) is 18.4 Å². The van der Waals surface area contributed by atoms with Crippen LogP contribution in [0, 0.1) is 5.92 Å². The molecule has 2 atom stereocenters. The number of pyridine rings is 1. The van der Waals surface area contributed by atoms with E-state index in [1.165, 1.54) is 26.4 Å². The predicted molar refractivity (Wildman–Crippen MR) is 165 cm³/mol. The molecule has 10 nitrogen and oxygen atoms in total. The van der Waals surface area contributed by atoms with E-state index in [1.54, 1.807) is 18.2 Å². The molecule has 1 aliphatic carbocycles. The minimum Gasteiger partial charge on any atom is -0.481 e. The Morgan fingerprint density at radius 1 is 1.02 bits per heavy atom. The number of amides is 1. The minimum absolute atomic E-state index is 0.0670. The summed E-state index contributed by atoms with van der Waals surface area (Å²) in [6.07, 6.45) is 3.72. The van der Waals surface area contributed by atoms with E-state index in [0.29, 0.717) is 51.9 Å². The van der Waals surface area contributed by atoms with Crippen LogP contribution >= 0.6 is 23.2 Å². The largest absolute Gasteiger partial charge is 0.481 e. The third-order valence-electron chi connectivity index (χ3n) is 7.58. The average molecular weight is 623 g/mol. The highest BCUT2D eigenvalue weighted by molar-refractivity contribution is 6.39. The van der Waals surface area contributed by atoms with Gasteiger partial charge < -0.3 is 20.5 Å². The quantitative estimate of drug-likeness (QED) is 0.225. The topological polar surface area (TPSA) is 135 Å². The maximum absolute atomic E-state index is 12.9. The van der Waals surface area contributed by atoms with Crippen molar-refractivity contribution < 1.29 is 19.4 Å². The van der Waals surface area contributed by atoms with Gasteiger partial charge in [0.15, 0.2) is 0 Å². The van der Waals surface area contributed by atoms with Gasteiger partial charge in [0, 0.05) is 48.1 Å². The number of anilines is 1. The summed E-state index contributed by atoms with van der Waals surface area (Å²) in [6.45, 7) is 0.415. The normalized spacial score (nSPS) is 16.2. The maximum Gasteiger partial charge on any atom is 0.308 e. The molecule has 0 bridgehead atoms. The van der Waals surface area contributed by atoms with Crippen LogP contribution in [-0.4, -0.2) is 44.9 Å². The highest BCUT2D eigenvalue weighted by Gasteiger charge is 2.32. The zero-order valence-electron chi connectivity index (χ0n) is 23.4. The number of rotatable bonds is 9. The number of nitrogens with zero attached hydrogens (tertiary/aromatic N) is 3. The first-order valence-electron chi connectivity index (χ1n) is 13.6. The van der Waals surface area contributed by atoms with Crippen molar-refractivity contribution in [3.63, 3.8) is 0 Å². The van der Waals surface area contributed by atoms with E-state index in [-0.39, 0.29) is 16.6 Å². The van der Waals surface area contributed by atoms with E-state index < -0.39 is 23.4 Å². The number of aliphatic carboxylic acids is 1. The zero-order chi connectivity index (χ0) is 30.7. The van der Waals surface area contributed by atoms with Gasteiger partial charge in [0.25, 0.3) is 11.5 Å². The number of aryl methyl sites for hydroxylation is 1. The number of aromatic nitrogens is 3. The summed E-state index contributed by atoms with van der Waals surface area (Å²) in [4.78, 5) is 41.4. The second-order valence-corrected chi connectivity index (χ2v) is 10.9. The lowest BCUT2D eigenvalue weighted by atomic mass is 10.00. The van der Waals surface area contributed by atoms with Crippen LogP contribution in [0.5, 0.6) is 5.88 Å². The Hall–Kier alpha value is -4.25. The van der Waals surface area contributed by atoms with Crippen LogP contribution in [0.3, 0.4) is 0 Å². The van der Waals surface area contributed by atoms with Gasteiger partial charge in [-0.3, -0.25) is 14.4 Å². The Kier molecular flexibility index (Phi) is 9.10. The van der Waals surface area contributed by atoms with Crippen LogP contribution < -0.4 is 20.9 Å². The van der Waals surface area contributed by atoms with Crippen molar-refractivity contribution >= 4 is 40.8 Å². The molecule has 1 fully saturated rings. The zero-order valence-corrected chi connectivity index (χ0v) is 24.9. The molecule has 4 aromatic rings. The second kappa shape index (κ2) is 12.9. The Bertz CT molecular complexity index is 1760. The number of carboxylic acids is 1. The predicted octanol–water partition coefficient (Wildman–Crippen LogP) is 5.42. The van der Waals surface area contributed by atoms with Crippen molar-refractivity contribution in [3.05, 3.63) is 92.3 Å². The number of carbonyl (C=O) groups excluding carboxylic acids is 1. The molecule has 5 rings (SSSR count). The second-order valence-electron chi connectivity index (χ2n) is 10.2. The first kappa shape index (κ1) is 30.2. The van der Waals surface area contributed by atoms with Crippen molar-refractivity contribution in [2.45, 2.75) is 31.8 Å². The summed E-state index contributed by atoms with van der Waals surface area (Å²) in [6, 6.07) is 15.6. The lowest BCUT2D eigenvalue weighted by molar-refractivity contribution is -0.142. The van der Waals surface area contributed by atoms with E-state index in [1.807, 2.05) is 30.3 Å². The van der Waals surface area contributed by atoms with Crippen LogP contribution in [0.1, 0.15) is 35.2 Å². The summed E-state index contributed by atoms with van der Waals surface area (Å²) in [5.74, 6) is -1.39. The number of carbonyl (C=O) groups is 2. The molecule has 2 aromatic heterocycles. The van der Waals surface area contributed by atoms with Crippen molar-refractivity contribution in [1.29, 1.82) is 0 Å². The van der Waals surface area contributed by atoms with Gasteiger partial charge in [-0.1, -0.05) is 66.0 Å². The number of ether oxygens (including phenoxy) is 1. The van der Waals surface area contributed by atoms with Crippen LogP contribution in [0.2, 0.25) is 10.0 Å². The molecule has 2 heterocycles. The lowest BCUT2D eigenvalue weighted by Crippen LogP contribution is -2.35. The van der Waals surface area contributed by atoms with E-state index in [2.05, 4.69) is 15.7 Å². The number of nitrogens with one attached hydrogen (secondary N) is 2. The van der Waals surface area contributed by atoms with Gasteiger partial charge in [-0.15, -0.1) is 0 Å². The van der Waals surface area contributed by atoms with E-state index in [0.717, 1.165) is 23.1 Å². The first-order valence-corrected chi connectivity index (χ1v) is 14.4. The van der Waals surface area contributed by atoms with Gasteiger partial charge in [0.2, 0.25) is 5.88 Å². The molecule has 0 aliphatic heterocycles. The van der Waals surface area contributed by atoms with Gasteiger partial charge in [0.05, 0.1) is 34.5 Å². The molecule has 2 aromatic carbocycles. The van der Waals surface area contributed by atoms with E-state index in [4.69, 9.17) is 32.9 Å². The van der Waals surface area contributed by atoms with Gasteiger partial charge >= 0.3 is 5.97 Å². The number of halogens is 2. The smallest absolute Gasteiger partial charge is 0.308 e. The fourth-order valence-corrected chi connectivity index (χ4v) is 5.91. The Morgan fingerprint density at radius 2 is 1.74 bits per heavy atom. The molecular weight excluding hydrogens is 593 g/mol. The molecule has 0 spiro atoms. The monoisotopic (exact) mass is 621 g/mol. The summed E-state index contributed by atoms with van der Waals surface area (Å²) in [5, 5.41) is 20.0.